The van der Waals surface area contributed by atoms with Crippen molar-refractivity contribution in [3.05, 3.63) is 52.1 Å². The van der Waals surface area contributed by atoms with Crippen LogP contribution >= 0.6 is 15.9 Å². The molecule has 1 aromatic heterocycles. The second kappa shape index (κ2) is 5.23. The van der Waals surface area contributed by atoms with Crippen molar-refractivity contribution >= 4 is 33.5 Å². The number of carboxylic acids is 1. The van der Waals surface area contributed by atoms with Crippen LogP contribution in [0.5, 0.6) is 0 Å². The van der Waals surface area contributed by atoms with Gasteiger partial charge >= 0.3 is 5.97 Å². The van der Waals surface area contributed by atoms with Gasteiger partial charge < -0.3 is 14.8 Å². The summed E-state index contributed by atoms with van der Waals surface area (Å²) >= 11 is 2.99. The Balaban J connectivity index is 2.15. The number of benzene rings is 1. The topological polar surface area (TPSA) is 79.5 Å². The van der Waals surface area contributed by atoms with Gasteiger partial charge in [0.25, 0.3) is 5.91 Å². The van der Waals surface area contributed by atoms with Crippen molar-refractivity contribution in [1.82, 2.24) is 0 Å². The SMILES string of the molecule is O=C(O)c1ccc(C(=O)Nc2ccc(Br)c(F)c2)o1. The molecule has 1 heterocycles. The van der Waals surface area contributed by atoms with E-state index in [-0.39, 0.29) is 21.7 Å². The Hall–Kier alpha value is -2.15. The van der Waals surface area contributed by atoms with E-state index in [9.17, 15) is 14.0 Å². The zero-order chi connectivity index (χ0) is 14.0. The summed E-state index contributed by atoms with van der Waals surface area (Å²) < 4.78 is 18.3. The number of rotatable bonds is 3. The molecule has 0 aliphatic heterocycles. The summed E-state index contributed by atoms with van der Waals surface area (Å²) in [6.07, 6.45) is 0. The molecular formula is C12H7BrFNO4. The van der Waals surface area contributed by atoms with E-state index in [0.717, 1.165) is 6.07 Å². The fraction of sp³-hybridized carbons (Fsp3) is 0. The molecule has 0 radical (unpaired) electrons. The first-order valence-electron chi connectivity index (χ1n) is 5.07. The van der Waals surface area contributed by atoms with Crippen molar-refractivity contribution in [1.29, 1.82) is 0 Å². The van der Waals surface area contributed by atoms with E-state index < -0.39 is 17.7 Å². The van der Waals surface area contributed by atoms with Crippen LogP contribution in [-0.2, 0) is 0 Å². The van der Waals surface area contributed by atoms with E-state index >= 15 is 0 Å². The lowest BCUT2D eigenvalue weighted by Gasteiger charge is -2.03. The first kappa shape index (κ1) is 13.3. The van der Waals surface area contributed by atoms with Gasteiger partial charge in [0.2, 0.25) is 5.76 Å². The van der Waals surface area contributed by atoms with Gasteiger partial charge in [-0.05, 0) is 46.3 Å². The van der Waals surface area contributed by atoms with Gasteiger partial charge in [0, 0.05) is 5.69 Å². The predicted octanol–water partition coefficient (Wildman–Crippen LogP) is 3.13. The zero-order valence-corrected chi connectivity index (χ0v) is 10.9. The van der Waals surface area contributed by atoms with Crippen LogP contribution in [-0.4, -0.2) is 17.0 Å². The number of aromatic carboxylic acids is 1. The van der Waals surface area contributed by atoms with Crippen LogP contribution in [0.2, 0.25) is 0 Å². The van der Waals surface area contributed by atoms with Crippen molar-refractivity contribution in [2.75, 3.05) is 5.32 Å². The van der Waals surface area contributed by atoms with Crippen LogP contribution in [0.4, 0.5) is 10.1 Å². The number of nitrogens with one attached hydrogen (secondary N) is 1. The van der Waals surface area contributed by atoms with E-state index in [1.165, 1.54) is 24.3 Å². The number of carbonyl (C=O) groups excluding carboxylic acids is 1. The Bertz CT molecular complexity index is 653. The van der Waals surface area contributed by atoms with E-state index in [2.05, 4.69) is 21.2 Å². The van der Waals surface area contributed by atoms with Gasteiger partial charge in [-0.15, -0.1) is 0 Å². The Morgan fingerprint density at radius 1 is 1.21 bits per heavy atom. The molecule has 2 N–H and O–H groups in total. The fourth-order valence-electron chi connectivity index (χ4n) is 1.34. The highest BCUT2D eigenvalue weighted by atomic mass is 79.9. The fourth-order valence-corrected chi connectivity index (χ4v) is 1.59. The summed E-state index contributed by atoms with van der Waals surface area (Å²) in [6, 6.07) is 6.46. The number of anilines is 1. The maximum atomic E-state index is 13.2. The number of carboxylic acid groups (broad SMARTS) is 1. The van der Waals surface area contributed by atoms with Gasteiger partial charge in [0.15, 0.2) is 5.76 Å². The second-order valence-electron chi connectivity index (χ2n) is 3.55. The maximum Gasteiger partial charge on any atom is 0.371 e. The van der Waals surface area contributed by atoms with Crippen molar-refractivity contribution in [2.45, 2.75) is 0 Å². The summed E-state index contributed by atoms with van der Waals surface area (Å²) in [6.45, 7) is 0. The molecule has 0 unspecified atom stereocenters. The zero-order valence-electron chi connectivity index (χ0n) is 9.31. The second-order valence-corrected chi connectivity index (χ2v) is 4.41. The molecule has 5 nitrogen and oxygen atoms in total. The number of halogens is 2. The third-order valence-corrected chi connectivity index (χ3v) is 2.86. The summed E-state index contributed by atoms with van der Waals surface area (Å²) in [5, 5.41) is 11.0. The molecule has 2 aromatic rings. The van der Waals surface area contributed by atoms with Crippen molar-refractivity contribution in [3.63, 3.8) is 0 Å². The lowest BCUT2D eigenvalue weighted by molar-refractivity contribution is 0.0660. The van der Waals surface area contributed by atoms with E-state index in [4.69, 9.17) is 9.52 Å². The normalized spacial score (nSPS) is 10.2. The minimum Gasteiger partial charge on any atom is -0.475 e. The number of amides is 1. The Morgan fingerprint density at radius 3 is 2.47 bits per heavy atom. The Labute approximate surface area is 115 Å². The third kappa shape index (κ3) is 3.00. The van der Waals surface area contributed by atoms with Crippen LogP contribution in [0.25, 0.3) is 0 Å². The molecule has 0 spiro atoms. The number of furan rings is 1. The largest absolute Gasteiger partial charge is 0.475 e. The highest BCUT2D eigenvalue weighted by Crippen LogP contribution is 2.20. The lowest BCUT2D eigenvalue weighted by Crippen LogP contribution is -2.11. The molecule has 7 heteroatoms. The third-order valence-electron chi connectivity index (χ3n) is 2.22. The minimum absolute atomic E-state index is 0.166. The molecule has 0 saturated heterocycles. The summed E-state index contributed by atoms with van der Waals surface area (Å²) in [5.74, 6) is -2.96. The monoisotopic (exact) mass is 327 g/mol. The Morgan fingerprint density at radius 2 is 1.89 bits per heavy atom. The molecule has 0 aliphatic carbocycles. The molecule has 1 aromatic carbocycles. The molecule has 0 fully saturated rings. The molecule has 98 valence electrons. The van der Waals surface area contributed by atoms with E-state index in [1.807, 2.05) is 0 Å². The van der Waals surface area contributed by atoms with Crippen LogP contribution < -0.4 is 5.32 Å². The molecule has 0 atom stereocenters. The summed E-state index contributed by atoms with van der Waals surface area (Å²) in [4.78, 5) is 22.3. The van der Waals surface area contributed by atoms with Gasteiger partial charge in [-0.25, -0.2) is 9.18 Å². The van der Waals surface area contributed by atoms with Crippen LogP contribution in [0, 0.1) is 5.82 Å². The average Bonchev–Trinajstić information content (AvgIpc) is 2.83. The first-order chi connectivity index (χ1) is 8.97. The van der Waals surface area contributed by atoms with E-state index in [0.29, 0.717) is 0 Å². The van der Waals surface area contributed by atoms with Crippen LogP contribution in [0.15, 0.2) is 39.2 Å². The first-order valence-corrected chi connectivity index (χ1v) is 5.86. The molecule has 0 bridgehead atoms. The molecular weight excluding hydrogens is 321 g/mol. The van der Waals surface area contributed by atoms with Gasteiger partial charge in [-0.1, -0.05) is 0 Å². The molecule has 2 rings (SSSR count). The minimum atomic E-state index is -1.27. The van der Waals surface area contributed by atoms with Crippen molar-refractivity contribution < 1.29 is 23.5 Å². The summed E-state index contributed by atoms with van der Waals surface area (Å²) in [7, 11) is 0. The van der Waals surface area contributed by atoms with Gasteiger partial charge in [0.05, 0.1) is 4.47 Å². The highest BCUT2D eigenvalue weighted by Gasteiger charge is 2.15. The number of hydrogen-bond acceptors (Lipinski definition) is 3. The number of hydrogen-bond donors (Lipinski definition) is 2. The smallest absolute Gasteiger partial charge is 0.371 e. The van der Waals surface area contributed by atoms with Gasteiger partial charge in [-0.3, -0.25) is 4.79 Å². The highest BCUT2D eigenvalue weighted by molar-refractivity contribution is 9.10. The molecule has 19 heavy (non-hydrogen) atoms. The summed E-state index contributed by atoms with van der Waals surface area (Å²) in [5.41, 5.74) is 0.235. The van der Waals surface area contributed by atoms with Crippen molar-refractivity contribution in [3.8, 4) is 0 Å². The molecule has 1 amide bonds. The average molecular weight is 328 g/mol. The number of carbonyl (C=O) groups is 2. The quantitative estimate of drug-likeness (QED) is 0.907. The van der Waals surface area contributed by atoms with Gasteiger partial charge in [-0.2, -0.15) is 0 Å². The van der Waals surface area contributed by atoms with Gasteiger partial charge in [0.1, 0.15) is 5.82 Å². The van der Waals surface area contributed by atoms with Crippen molar-refractivity contribution in [2.24, 2.45) is 0 Å². The Kier molecular flexibility index (Phi) is 3.66. The predicted molar refractivity (Wildman–Crippen MR) is 67.7 cm³/mol. The van der Waals surface area contributed by atoms with E-state index in [1.54, 1.807) is 0 Å². The standard InChI is InChI=1S/C12H7BrFNO4/c13-7-2-1-6(5-8(7)14)15-11(16)9-3-4-10(19-9)12(17)18/h1-5H,(H,15,16)(H,17,18). The molecule has 0 aliphatic rings. The molecule has 0 saturated carbocycles. The maximum absolute atomic E-state index is 13.2. The van der Waals surface area contributed by atoms with Crippen LogP contribution in [0.3, 0.4) is 0 Å². The van der Waals surface area contributed by atoms with Crippen LogP contribution in [0.1, 0.15) is 21.1 Å². The lowest BCUT2D eigenvalue weighted by atomic mass is 10.3.